The van der Waals surface area contributed by atoms with Gasteiger partial charge in [0.05, 0.1) is 6.04 Å². The summed E-state index contributed by atoms with van der Waals surface area (Å²) in [6.45, 7) is 2.92. The summed E-state index contributed by atoms with van der Waals surface area (Å²) in [6, 6.07) is -1.19. The summed E-state index contributed by atoms with van der Waals surface area (Å²) in [5, 5.41) is 1.56. The van der Waals surface area contributed by atoms with Crippen molar-refractivity contribution >= 4 is 5.91 Å². The average molecular weight is 275 g/mol. The van der Waals surface area contributed by atoms with Crippen molar-refractivity contribution in [2.75, 3.05) is 0 Å². The lowest BCUT2D eigenvalue weighted by Gasteiger charge is -2.24. The zero-order chi connectivity index (χ0) is 14.7. The molecular formula is C10H11F6NO. The molecule has 0 aliphatic carbocycles. The molecule has 0 spiro atoms. The van der Waals surface area contributed by atoms with Gasteiger partial charge in [-0.05, 0) is 5.92 Å². The highest BCUT2D eigenvalue weighted by Gasteiger charge is 2.61. The second-order valence-electron chi connectivity index (χ2n) is 3.91. The van der Waals surface area contributed by atoms with Crippen molar-refractivity contribution in [1.82, 2.24) is 5.32 Å². The Morgan fingerprint density at radius 3 is 1.72 bits per heavy atom. The molecule has 1 unspecified atom stereocenters. The molecule has 0 saturated carbocycles. The number of carbonyl (C=O) groups is 1. The maximum Gasteiger partial charge on any atom is 0.409 e. The minimum absolute atomic E-state index is 0.485. The van der Waals surface area contributed by atoms with Crippen molar-refractivity contribution in [3.8, 4) is 12.3 Å². The third-order valence-corrected chi connectivity index (χ3v) is 2.06. The number of carbonyl (C=O) groups excluding carboxylic acids is 1. The molecule has 1 N–H and O–H groups in total. The van der Waals surface area contributed by atoms with Crippen LogP contribution >= 0.6 is 0 Å². The van der Waals surface area contributed by atoms with Crippen LogP contribution < -0.4 is 5.32 Å². The summed E-state index contributed by atoms with van der Waals surface area (Å²) in [7, 11) is 0. The number of hydrogen-bond donors (Lipinski definition) is 1. The zero-order valence-corrected chi connectivity index (χ0v) is 9.49. The monoisotopic (exact) mass is 275 g/mol. The first-order valence-corrected chi connectivity index (χ1v) is 4.81. The number of amides is 1. The number of terminal acetylenes is 1. The van der Waals surface area contributed by atoms with Gasteiger partial charge in [-0.25, -0.2) is 0 Å². The van der Waals surface area contributed by atoms with Crippen molar-refractivity contribution in [2.24, 2.45) is 11.8 Å². The second kappa shape index (κ2) is 5.50. The molecule has 1 amide bonds. The molecule has 1 atom stereocenters. The van der Waals surface area contributed by atoms with Crippen molar-refractivity contribution in [2.45, 2.75) is 32.2 Å². The van der Waals surface area contributed by atoms with Crippen molar-refractivity contribution in [1.29, 1.82) is 0 Å². The number of nitrogens with one attached hydrogen (secondary N) is 1. The predicted octanol–water partition coefficient (Wildman–Crippen LogP) is 2.50. The van der Waals surface area contributed by atoms with E-state index in [1.807, 2.05) is 5.92 Å². The van der Waals surface area contributed by atoms with Crippen LogP contribution in [-0.2, 0) is 4.79 Å². The van der Waals surface area contributed by atoms with E-state index >= 15 is 0 Å². The van der Waals surface area contributed by atoms with Crippen LogP contribution in [0.4, 0.5) is 26.3 Å². The van der Waals surface area contributed by atoms with Gasteiger partial charge in [-0.2, -0.15) is 26.3 Å². The first kappa shape index (κ1) is 16.6. The van der Waals surface area contributed by atoms with Gasteiger partial charge >= 0.3 is 12.4 Å². The van der Waals surface area contributed by atoms with E-state index in [9.17, 15) is 31.1 Å². The van der Waals surface area contributed by atoms with E-state index in [4.69, 9.17) is 6.42 Å². The van der Waals surface area contributed by atoms with E-state index in [1.165, 1.54) is 13.8 Å². The Morgan fingerprint density at radius 2 is 1.50 bits per heavy atom. The second-order valence-corrected chi connectivity index (χ2v) is 3.91. The van der Waals surface area contributed by atoms with E-state index in [-0.39, 0.29) is 0 Å². The molecule has 18 heavy (non-hydrogen) atoms. The summed E-state index contributed by atoms with van der Waals surface area (Å²) >= 11 is 0. The molecule has 0 aromatic heterocycles. The molecule has 0 heterocycles. The average Bonchev–Trinajstić information content (AvgIpc) is 2.08. The van der Waals surface area contributed by atoms with Gasteiger partial charge in [-0.3, -0.25) is 4.79 Å². The molecule has 0 bridgehead atoms. The van der Waals surface area contributed by atoms with E-state index in [1.54, 1.807) is 5.32 Å². The minimum Gasteiger partial charge on any atom is -0.341 e. The molecule has 0 aliphatic rings. The van der Waals surface area contributed by atoms with E-state index in [0.29, 0.717) is 0 Å². The lowest BCUT2D eigenvalue weighted by atomic mass is 10.0. The molecule has 0 aromatic rings. The molecule has 0 rings (SSSR count). The van der Waals surface area contributed by atoms with Crippen LogP contribution in [0.1, 0.15) is 13.8 Å². The van der Waals surface area contributed by atoms with E-state index in [2.05, 4.69) is 0 Å². The van der Waals surface area contributed by atoms with Crippen LogP contribution in [0.5, 0.6) is 0 Å². The van der Waals surface area contributed by atoms with Gasteiger partial charge in [0.25, 0.3) is 0 Å². The third-order valence-electron chi connectivity index (χ3n) is 2.06. The van der Waals surface area contributed by atoms with Crippen LogP contribution in [0.15, 0.2) is 0 Å². The molecule has 0 aromatic carbocycles. The fourth-order valence-corrected chi connectivity index (χ4v) is 1.12. The Bertz CT molecular complexity index is 324. The van der Waals surface area contributed by atoms with E-state index in [0.717, 1.165) is 0 Å². The van der Waals surface area contributed by atoms with Crippen molar-refractivity contribution in [3.63, 3.8) is 0 Å². The predicted molar refractivity (Wildman–Crippen MR) is 51.2 cm³/mol. The van der Waals surface area contributed by atoms with Crippen molar-refractivity contribution < 1.29 is 31.1 Å². The van der Waals surface area contributed by atoms with Gasteiger partial charge in [-0.1, -0.05) is 19.8 Å². The molecule has 0 radical (unpaired) electrons. The van der Waals surface area contributed by atoms with Gasteiger partial charge in [0.2, 0.25) is 11.8 Å². The number of rotatable bonds is 3. The highest BCUT2D eigenvalue weighted by Crippen LogP contribution is 2.39. The van der Waals surface area contributed by atoms with Gasteiger partial charge < -0.3 is 5.32 Å². The van der Waals surface area contributed by atoms with Crippen LogP contribution in [0.2, 0.25) is 0 Å². The van der Waals surface area contributed by atoms with E-state index < -0.39 is 36.1 Å². The maximum absolute atomic E-state index is 12.2. The first-order chi connectivity index (χ1) is 7.91. The van der Waals surface area contributed by atoms with Gasteiger partial charge in [0.15, 0.2) is 0 Å². The number of halogens is 6. The molecule has 8 heteroatoms. The van der Waals surface area contributed by atoms with Gasteiger partial charge in [0, 0.05) is 0 Å². The Balaban J connectivity index is 5.09. The summed E-state index contributed by atoms with van der Waals surface area (Å²) in [4.78, 5) is 11.1. The lowest BCUT2D eigenvalue weighted by molar-refractivity contribution is -0.274. The Morgan fingerprint density at radius 1 is 1.11 bits per heavy atom. The quantitative estimate of drug-likeness (QED) is 0.622. The van der Waals surface area contributed by atoms with Gasteiger partial charge in [0.1, 0.15) is 0 Å². The summed E-state index contributed by atoms with van der Waals surface area (Å²) in [6.07, 6.45) is -6.51. The standard InChI is InChI=1S/C10H11F6NO/c1-4-6(5(2)3)17-8(18)7(9(11,12)13)10(14,15)16/h1,5-7H,2-3H3,(H,17,18). The summed E-state index contributed by atoms with van der Waals surface area (Å²) < 4.78 is 73.1. The molecule has 2 nitrogen and oxygen atoms in total. The Hall–Kier alpha value is -1.39. The first-order valence-electron chi connectivity index (χ1n) is 4.81. The molecule has 0 aliphatic heterocycles. The SMILES string of the molecule is C#CC(NC(=O)C(C(F)(F)F)C(F)(F)F)C(C)C. The summed E-state index contributed by atoms with van der Waals surface area (Å²) in [5.41, 5.74) is 0. The van der Waals surface area contributed by atoms with Crippen LogP contribution in [0.25, 0.3) is 0 Å². The summed E-state index contributed by atoms with van der Waals surface area (Å²) in [5.74, 6) is -4.82. The third kappa shape index (κ3) is 4.47. The molecule has 0 saturated heterocycles. The molecule has 0 fully saturated rings. The number of hydrogen-bond acceptors (Lipinski definition) is 1. The topological polar surface area (TPSA) is 29.1 Å². The maximum atomic E-state index is 12.2. The van der Waals surface area contributed by atoms with Crippen molar-refractivity contribution in [3.05, 3.63) is 0 Å². The Labute approximate surface area is 99.7 Å². The zero-order valence-electron chi connectivity index (χ0n) is 9.49. The fourth-order valence-electron chi connectivity index (χ4n) is 1.12. The van der Waals surface area contributed by atoms with Crippen LogP contribution in [-0.4, -0.2) is 24.3 Å². The van der Waals surface area contributed by atoms with Crippen LogP contribution in [0.3, 0.4) is 0 Å². The molecule has 104 valence electrons. The normalized spacial score (nSPS) is 14.5. The lowest BCUT2D eigenvalue weighted by Crippen LogP contribution is -2.51. The smallest absolute Gasteiger partial charge is 0.341 e. The number of alkyl halides is 6. The highest BCUT2D eigenvalue weighted by molar-refractivity contribution is 5.81. The van der Waals surface area contributed by atoms with Crippen LogP contribution in [0, 0.1) is 24.2 Å². The highest BCUT2D eigenvalue weighted by atomic mass is 19.4. The van der Waals surface area contributed by atoms with Gasteiger partial charge in [-0.15, -0.1) is 6.42 Å². The fraction of sp³-hybridized carbons (Fsp3) is 0.700. The Kier molecular flexibility index (Phi) is 5.08. The molecular weight excluding hydrogens is 264 g/mol. The minimum atomic E-state index is -5.71. The largest absolute Gasteiger partial charge is 0.409 e.